The summed E-state index contributed by atoms with van der Waals surface area (Å²) in [5.74, 6) is 0.720. The van der Waals surface area contributed by atoms with Gasteiger partial charge in [-0.1, -0.05) is 32.7 Å². The highest BCUT2D eigenvalue weighted by Gasteiger charge is 2.30. The van der Waals surface area contributed by atoms with Gasteiger partial charge < -0.3 is 9.42 Å². The van der Waals surface area contributed by atoms with Crippen LogP contribution in [0.1, 0.15) is 0 Å². The lowest BCUT2D eigenvalue weighted by molar-refractivity contribution is 0.379. The molecule has 1 aliphatic rings. The quantitative estimate of drug-likeness (QED) is 0.600. The van der Waals surface area contributed by atoms with Crippen molar-refractivity contribution in [1.82, 2.24) is 9.46 Å². The van der Waals surface area contributed by atoms with E-state index in [0.29, 0.717) is 41.7 Å². The zero-order chi connectivity index (χ0) is 18.3. The Morgan fingerprint density at radius 3 is 2.42 bits per heavy atom. The highest BCUT2D eigenvalue weighted by atomic mass is 79.9. The standard InChI is InChI=1S/C17H15BrClN3O3S/c18-12-1-4-14(5-2-12)26(23,24)22-9-7-21(8-10-22)17-15-6-3-13(19)11-16(15)25-20-17/h1-6,11H,7-10H2. The van der Waals surface area contributed by atoms with E-state index in [4.69, 9.17) is 16.1 Å². The molecule has 0 aliphatic carbocycles. The van der Waals surface area contributed by atoms with E-state index in [9.17, 15) is 8.42 Å². The molecule has 1 aliphatic heterocycles. The zero-order valence-corrected chi connectivity index (χ0v) is 16.8. The van der Waals surface area contributed by atoms with Crippen molar-refractivity contribution in [3.05, 3.63) is 52.0 Å². The van der Waals surface area contributed by atoms with Crippen LogP contribution in [0, 0.1) is 0 Å². The monoisotopic (exact) mass is 455 g/mol. The van der Waals surface area contributed by atoms with Crippen LogP contribution in [0.15, 0.2) is 56.4 Å². The third-order valence-electron chi connectivity index (χ3n) is 4.40. The Morgan fingerprint density at radius 1 is 1.04 bits per heavy atom. The summed E-state index contributed by atoms with van der Waals surface area (Å²) >= 11 is 9.30. The van der Waals surface area contributed by atoms with Crippen LogP contribution in [0.25, 0.3) is 11.0 Å². The van der Waals surface area contributed by atoms with Crippen molar-refractivity contribution < 1.29 is 12.9 Å². The Labute approximate surface area is 164 Å². The van der Waals surface area contributed by atoms with Gasteiger partial charge in [0.25, 0.3) is 0 Å². The highest BCUT2D eigenvalue weighted by molar-refractivity contribution is 9.10. The van der Waals surface area contributed by atoms with Crippen LogP contribution in [0.2, 0.25) is 5.02 Å². The Morgan fingerprint density at radius 2 is 1.73 bits per heavy atom. The number of nitrogens with zero attached hydrogens (tertiary/aromatic N) is 3. The van der Waals surface area contributed by atoms with Gasteiger partial charge in [0.05, 0.1) is 10.3 Å². The zero-order valence-electron chi connectivity index (χ0n) is 13.6. The second kappa shape index (κ2) is 6.84. The molecule has 0 amide bonds. The molecule has 2 heterocycles. The smallest absolute Gasteiger partial charge is 0.243 e. The number of piperazine rings is 1. The van der Waals surface area contributed by atoms with Crippen molar-refractivity contribution in [1.29, 1.82) is 0 Å². The highest BCUT2D eigenvalue weighted by Crippen LogP contribution is 2.29. The molecule has 1 fully saturated rings. The Kier molecular flexibility index (Phi) is 4.68. The summed E-state index contributed by atoms with van der Waals surface area (Å²) in [5, 5.41) is 5.60. The number of aromatic nitrogens is 1. The second-order valence-electron chi connectivity index (χ2n) is 5.99. The van der Waals surface area contributed by atoms with E-state index in [2.05, 4.69) is 21.1 Å². The average Bonchev–Trinajstić information content (AvgIpc) is 3.05. The maximum absolute atomic E-state index is 12.8. The Hall–Kier alpha value is -1.61. The van der Waals surface area contributed by atoms with Crippen molar-refractivity contribution >= 4 is 54.3 Å². The molecule has 0 radical (unpaired) electrons. The van der Waals surface area contributed by atoms with Crippen molar-refractivity contribution in [2.75, 3.05) is 31.1 Å². The van der Waals surface area contributed by atoms with Gasteiger partial charge >= 0.3 is 0 Å². The molecule has 0 N–H and O–H groups in total. The van der Waals surface area contributed by atoms with E-state index in [1.807, 2.05) is 11.0 Å². The first-order chi connectivity index (χ1) is 12.4. The van der Waals surface area contributed by atoms with Gasteiger partial charge in [-0.15, -0.1) is 0 Å². The minimum absolute atomic E-state index is 0.302. The largest absolute Gasteiger partial charge is 0.354 e. The second-order valence-corrected chi connectivity index (χ2v) is 9.28. The first-order valence-corrected chi connectivity index (χ1v) is 10.6. The minimum Gasteiger partial charge on any atom is -0.354 e. The number of fused-ring (bicyclic) bond motifs is 1. The number of benzene rings is 2. The number of sulfonamides is 1. The first-order valence-electron chi connectivity index (χ1n) is 8.01. The summed E-state index contributed by atoms with van der Waals surface area (Å²) < 4.78 is 33.3. The third-order valence-corrected chi connectivity index (χ3v) is 7.08. The number of hydrogen-bond acceptors (Lipinski definition) is 5. The molecule has 0 atom stereocenters. The average molecular weight is 457 g/mol. The summed E-state index contributed by atoms with van der Waals surface area (Å²) in [6.07, 6.45) is 0. The third kappa shape index (κ3) is 3.22. The molecule has 6 nitrogen and oxygen atoms in total. The molecule has 3 aromatic rings. The number of hydrogen-bond donors (Lipinski definition) is 0. The Balaban J connectivity index is 1.52. The van der Waals surface area contributed by atoms with Gasteiger partial charge in [-0.25, -0.2) is 8.42 Å². The van der Waals surface area contributed by atoms with Crippen molar-refractivity contribution in [3.8, 4) is 0 Å². The van der Waals surface area contributed by atoms with Gasteiger partial charge in [0.2, 0.25) is 10.0 Å². The number of rotatable bonds is 3. The molecule has 0 saturated carbocycles. The molecule has 136 valence electrons. The summed E-state index contributed by atoms with van der Waals surface area (Å²) in [7, 11) is -3.49. The molecule has 0 unspecified atom stereocenters. The van der Waals surface area contributed by atoms with Crippen LogP contribution in [-0.4, -0.2) is 44.1 Å². The maximum Gasteiger partial charge on any atom is 0.243 e. The predicted octanol–water partition coefficient (Wildman–Crippen LogP) is 3.75. The van der Waals surface area contributed by atoms with Crippen LogP contribution in [0.5, 0.6) is 0 Å². The summed E-state index contributed by atoms with van der Waals surface area (Å²) in [4.78, 5) is 2.34. The molecule has 2 aromatic carbocycles. The van der Waals surface area contributed by atoms with Crippen LogP contribution >= 0.6 is 27.5 Å². The topological polar surface area (TPSA) is 66.7 Å². The van der Waals surface area contributed by atoms with E-state index < -0.39 is 10.0 Å². The molecule has 1 aromatic heterocycles. The van der Waals surface area contributed by atoms with E-state index in [-0.39, 0.29) is 0 Å². The molecule has 1 saturated heterocycles. The fourth-order valence-electron chi connectivity index (χ4n) is 3.02. The van der Waals surface area contributed by atoms with E-state index in [1.54, 1.807) is 36.4 Å². The molecule has 4 rings (SSSR count). The van der Waals surface area contributed by atoms with Crippen LogP contribution in [-0.2, 0) is 10.0 Å². The summed E-state index contributed by atoms with van der Waals surface area (Å²) in [6.45, 7) is 1.86. The molecular formula is C17H15BrClN3O3S. The normalized spacial score (nSPS) is 16.3. The van der Waals surface area contributed by atoms with E-state index in [0.717, 1.165) is 15.7 Å². The van der Waals surface area contributed by atoms with Gasteiger partial charge in [-0.2, -0.15) is 4.31 Å². The summed E-state index contributed by atoms with van der Waals surface area (Å²) in [5.41, 5.74) is 0.623. The van der Waals surface area contributed by atoms with Crippen molar-refractivity contribution in [3.63, 3.8) is 0 Å². The molecule has 9 heteroatoms. The van der Waals surface area contributed by atoms with Crippen molar-refractivity contribution in [2.45, 2.75) is 4.90 Å². The maximum atomic E-state index is 12.8. The Bertz CT molecular complexity index is 1040. The van der Waals surface area contributed by atoms with Gasteiger partial charge in [0.1, 0.15) is 0 Å². The van der Waals surface area contributed by atoms with Crippen LogP contribution in [0.4, 0.5) is 5.82 Å². The van der Waals surface area contributed by atoms with E-state index >= 15 is 0 Å². The SMILES string of the molecule is O=S(=O)(c1ccc(Br)cc1)N1CCN(c2noc3cc(Cl)ccc23)CC1. The lowest BCUT2D eigenvalue weighted by Gasteiger charge is -2.34. The number of anilines is 1. The van der Waals surface area contributed by atoms with Gasteiger partial charge in [0.15, 0.2) is 11.4 Å². The fourth-order valence-corrected chi connectivity index (χ4v) is 4.87. The molecule has 0 spiro atoms. The van der Waals surface area contributed by atoms with E-state index in [1.165, 1.54) is 4.31 Å². The first kappa shape index (κ1) is 17.8. The van der Waals surface area contributed by atoms with Gasteiger partial charge in [-0.3, -0.25) is 0 Å². The fraction of sp³-hybridized carbons (Fsp3) is 0.235. The van der Waals surface area contributed by atoms with Crippen LogP contribution < -0.4 is 4.90 Å². The minimum atomic E-state index is -3.49. The van der Waals surface area contributed by atoms with Crippen molar-refractivity contribution in [2.24, 2.45) is 0 Å². The summed E-state index contributed by atoms with van der Waals surface area (Å²) in [6, 6.07) is 12.1. The number of halogens is 2. The van der Waals surface area contributed by atoms with Gasteiger partial charge in [0, 0.05) is 41.7 Å². The van der Waals surface area contributed by atoms with Crippen LogP contribution in [0.3, 0.4) is 0 Å². The van der Waals surface area contributed by atoms with Gasteiger partial charge in [-0.05, 0) is 36.4 Å². The molecular weight excluding hydrogens is 442 g/mol. The lowest BCUT2D eigenvalue weighted by Crippen LogP contribution is -2.48. The molecule has 0 bridgehead atoms. The molecule has 26 heavy (non-hydrogen) atoms. The predicted molar refractivity (Wildman–Crippen MR) is 104 cm³/mol. The lowest BCUT2D eigenvalue weighted by atomic mass is 10.2.